The number of amides is 1. The molecule has 1 atom stereocenters. The van der Waals surface area contributed by atoms with Gasteiger partial charge in [-0.1, -0.05) is 29.8 Å². The van der Waals surface area contributed by atoms with Gasteiger partial charge in [0, 0.05) is 25.7 Å². The molecule has 0 aliphatic heterocycles. The summed E-state index contributed by atoms with van der Waals surface area (Å²) in [6, 6.07) is 7.55. The van der Waals surface area contributed by atoms with E-state index in [1.54, 1.807) is 19.0 Å². The van der Waals surface area contributed by atoms with Gasteiger partial charge in [-0.05, 0) is 25.6 Å². The molecule has 94 valence electrons. The molecule has 0 aliphatic rings. The summed E-state index contributed by atoms with van der Waals surface area (Å²) < 4.78 is 0. The Morgan fingerprint density at radius 3 is 2.41 bits per heavy atom. The summed E-state index contributed by atoms with van der Waals surface area (Å²) in [4.78, 5) is 15.4. The van der Waals surface area contributed by atoms with Crippen LogP contribution in [-0.2, 0) is 11.3 Å². The van der Waals surface area contributed by atoms with Gasteiger partial charge < -0.3 is 4.90 Å². The van der Waals surface area contributed by atoms with Gasteiger partial charge in [-0.2, -0.15) is 0 Å². The standard InChI is InChI=1S/C13H19ClN2O/c1-10(13(17)15(2)3)16(4)9-11-7-5-6-8-12(11)14/h5-8,10H,9H2,1-4H3. The van der Waals surface area contributed by atoms with Gasteiger partial charge in [-0.25, -0.2) is 0 Å². The first-order chi connectivity index (χ1) is 7.93. The van der Waals surface area contributed by atoms with E-state index in [1.165, 1.54) is 0 Å². The van der Waals surface area contributed by atoms with Crippen molar-refractivity contribution in [3.05, 3.63) is 34.9 Å². The molecule has 1 aromatic rings. The lowest BCUT2D eigenvalue weighted by Gasteiger charge is -2.26. The van der Waals surface area contributed by atoms with Gasteiger partial charge in [-0.3, -0.25) is 9.69 Å². The van der Waals surface area contributed by atoms with Crippen LogP contribution in [0.1, 0.15) is 12.5 Å². The van der Waals surface area contributed by atoms with E-state index in [1.807, 2.05) is 43.1 Å². The van der Waals surface area contributed by atoms with Crippen molar-refractivity contribution in [3.63, 3.8) is 0 Å². The Labute approximate surface area is 108 Å². The van der Waals surface area contributed by atoms with Gasteiger partial charge in [0.05, 0.1) is 6.04 Å². The first-order valence-electron chi connectivity index (χ1n) is 5.58. The average Bonchev–Trinajstić information content (AvgIpc) is 2.30. The first-order valence-corrected chi connectivity index (χ1v) is 5.96. The van der Waals surface area contributed by atoms with E-state index in [0.29, 0.717) is 6.54 Å². The third-order valence-electron chi connectivity index (χ3n) is 2.84. The normalized spacial score (nSPS) is 12.6. The zero-order valence-corrected chi connectivity index (χ0v) is 11.5. The van der Waals surface area contributed by atoms with Gasteiger partial charge in [0.25, 0.3) is 0 Å². The Hall–Kier alpha value is -1.06. The monoisotopic (exact) mass is 254 g/mol. The molecule has 3 nitrogen and oxygen atoms in total. The Morgan fingerprint density at radius 2 is 1.88 bits per heavy atom. The van der Waals surface area contributed by atoms with Crippen LogP contribution < -0.4 is 0 Å². The second kappa shape index (κ2) is 6.03. The molecule has 0 aromatic heterocycles. The van der Waals surface area contributed by atoms with Crippen LogP contribution >= 0.6 is 11.6 Å². The molecule has 1 amide bonds. The number of benzene rings is 1. The van der Waals surface area contributed by atoms with Crippen molar-refractivity contribution in [2.45, 2.75) is 19.5 Å². The van der Waals surface area contributed by atoms with Crippen LogP contribution in [0.2, 0.25) is 5.02 Å². The summed E-state index contributed by atoms with van der Waals surface area (Å²) in [7, 11) is 5.46. The van der Waals surface area contributed by atoms with Gasteiger partial charge in [-0.15, -0.1) is 0 Å². The van der Waals surface area contributed by atoms with Crippen LogP contribution in [-0.4, -0.2) is 42.9 Å². The van der Waals surface area contributed by atoms with E-state index in [2.05, 4.69) is 0 Å². The molecule has 1 aromatic carbocycles. The largest absolute Gasteiger partial charge is 0.347 e. The second-order valence-corrected chi connectivity index (χ2v) is 4.82. The quantitative estimate of drug-likeness (QED) is 0.823. The highest BCUT2D eigenvalue weighted by atomic mass is 35.5. The topological polar surface area (TPSA) is 23.6 Å². The number of carbonyl (C=O) groups excluding carboxylic acids is 1. The van der Waals surface area contributed by atoms with E-state index in [0.717, 1.165) is 10.6 Å². The molecule has 0 bridgehead atoms. The van der Waals surface area contributed by atoms with E-state index in [-0.39, 0.29) is 11.9 Å². The highest BCUT2D eigenvalue weighted by Crippen LogP contribution is 2.17. The Kier molecular flexibility index (Phi) is 4.97. The summed E-state index contributed by atoms with van der Waals surface area (Å²) in [6.45, 7) is 2.57. The second-order valence-electron chi connectivity index (χ2n) is 4.42. The van der Waals surface area contributed by atoms with E-state index >= 15 is 0 Å². The van der Waals surface area contributed by atoms with Crippen LogP contribution in [0.15, 0.2) is 24.3 Å². The lowest BCUT2D eigenvalue weighted by Crippen LogP contribution is -2.42. The molecular weight excluding hydrogens is 236 g/mol. The molecule has 0 saturated carbocycles. The Bertz CT molecular complexity index is 393. The molecule has 1 rings (SSSR count). The van der Waals surface area contributed by atoms with E-state index in [9.17, 15) is 4.79 Å². The predicted molar refractivity (Wildman–Crippen MR) is 71.1 cm³/mol. The Morgan fingerprint density at radius 1 is 1.29 bits per heavy atom. The molecule has 0 fully saturated rings. The lowest BCUT2D eigenvalue weighted by molar-refractivity contribution is -0.133. The SMILES string of the molecule is CC(C(=O)N(C)C)N(C)Cc1ccccc1Cl. The number of carbonyl (C=O) groups is 1. The molecule has 0 aliphatic carbocycles. The van der Waals surface area contributed by atoms with Crippen LogP contribution in [0, 0.1) is 0 Å². The third-order valence-corrected chi connectivity index (χ3v) is 3.21. The minimum absolute atomic E-state index is 0.0968. The number of halogens is 1. The summed E-state index contributed by atoms with van der Waals surface area (Å²) in [6.07, 6.45) is 0. The van der Waals surface area contributed by atoms with Crippen molar-refractivity contribution in [1.29, 1.82) is 0 Å². The molecule has 0 heterocycles. The molecule has 0 saturated heterocycles. The molecule has 17 heavy (non-hydrogen) atoms. The van der Waals surface area contributed by atoms with Gasteiger partial charge >= 0.3 is 0 Å². The minimum atomic E-state index is -0.152. The van der Waals surface area contributed by atoms with E-state index < -0.39 is 0 Å². The van der Waals surface area contributed by atoms with E-state index in [4.69, 9.17) is 11.6 Å². The molecule has 1 unspecified atom stereocenters. The first kappa shape index (κ1) is 14.0. The van der Waals surface area contributed by atoms with Crippen molar-refractivity contribution in [2.75, 3.05) is 21.1 Å². The maximum Gasteiger partial charge on any atom is 0.239 e. The van der Waals surface area contributed by atoms with Crippen molar-refractivity contribution in [3.8, 4) is 0 Å². The highest BCUT2D eigenvalue weighted by Gasteiger charge is 2.19. The number of hydrogen-bond acceptors (Lipinski definition) is 2. The van der Waals surface area contributed by atoms with Crippen molar-refractivity contribution in [2.24, 2.45) is 0 Å². The fourth-order valence-electron chi connectivity index (χ4n) is 1.59. The summed E-state index contributed by atoms with van der Waals surface area (Å²) in [5.74, 6) is 0.0968. The summed E-state index contributed by atoms with van der Waals surface area (Å²) in [5, 5.41) is 0.740. The maximum atomic E-state index is 11.8. The summed E-state index contributed by atoms with van der Waals surface area (Å²) in [5.41, 5.74) is 1.04. The highest BCUT2D eigenvalue weighted by molar-refractivity contribution is 6.31. The van der Waals surface area contributed by atoms with Gasteiger partial charge in [0.15, 0.2) is 0 Å². The van der Waals surface area contributed by atoms with Crippen LogP contribution in [0.4, 0.5) is 0 Å². The number of nitrogens with zero attached hydrogens (tertiary/aromatic N) is 2. The summed E-state index contributed by atoms with van der Waals surface area (Å²) >= 11 is 6.09. The lowest BCUT2D eigenvalue weighted by atomic mass is 10.2. The fourth-order valence-corrected chi connectivity index (χ4v) is 1.79. The van der Waals surface area contributed by atoms with Crippen molar-refractivity contribution in [1.82, 2.24) is 9.80 Å². The van der Waals surface area contributed by atoms with Crippen LogP contribution in [0.5, 0.6) is 0 Å². The van der Waals surface area contributed by atoms with Crippen molar-refractivity contribution >= 4 is 17.5 Å². The zero-order chi connectivity index (χ0) is 13.0. The fraction of sp³-hybridized carbons (Fsp3) is 0.462. The Balaban J connectivity index is 2.70. The smallest absolute Gasteiger partial charge is 0.239 e. The van der Waals surface area contributed by atoms with Crippen LogP contribution in [0.25, 0.3) is 0 Å². The number of likely N-dealkylation sites (N-methyl/N-ethyl adjacent to an activating group) is 2. The molecule has 0 radical (unpaired) electrons. The third kappa shape index (κ3) is 3.72. The predicted octanol–water partition coefficient (Wildman–Crippen LogP) is 2.25. The van der Waals surface area contributed by atoms with Crippen LogP contribution in [0.3, 0.4) is 0 Å². The molecule has 0 N–H and O–H groups in total. The number of rotatable bonds is 4. The van der Waals surface area contributed by atoms with Gasteiger partial charge in [0.2, 0.25) is 5.91 Å². The van der Waals surface area contributed by atoms with Crippen molar-refractivity contribution < 1.29 is 4.79 Å². The maximum absolute atomic E-state index is 11.8. The van der Waals surface area contributed by atoms with Gasteiger partial charge in [0.1, 0.15) is 0 Å². The minimum Gasteiger partial charge on any atom is -0.347 e. The average molecular weight is 255 g/mol. The molecule has 4 heteroatoms. The zero-order valence-electron chi connectivity index (χ0n) is 10.8. The number of hydrogen-bond donors (Lipinski definition) is 0. The molecular formula is C13H19ClN2O. The molecule has 0 spiro atoms.